The van der Waals surface area contributed by atoms with Crippen molar-refractivity contribution < 1.29 is 8.78 Å². The maximum absolute atomic E-state index is 14.1. The maximum Gasteiger partial charge on any atom is 0.264 e. The van der Waals surface area contributed by atoms with Crippen molar-refractivity contribution in [2.45, 2.75) is 19.3 Å². The van der Waals surface area contributed by atoms with Crippen molar-refractivity contribution in [3.05, 3.63) is 78.3 Å². The molecule has 2 aromatic heterocycles. The number of benzene rings is 2. The molecule has 0 atom stereocenters. The summed E-state index contributed by atoms with van der Waals surface area (Å²) in [6, 6.07) is 11.5. The minimum atomic E-state index is -2.58. The van der Waals surface area contributed by atoms with Crippen molar-refractivity contribution in [1.29, 1.82) is 0 Å². The van der Waals surface area contributed by atoms with E-state index in [1.807, 2.05) is 24.3 Å². The largest absolute Gasteiger partial charge is 0.341 e. The predicted octanol–water partition coefficient (Wildman–Crippen LogP) is 6.30. The van der Waals surface area contributed by atoms with Gasteiger partial charge in [-0.25, -0.2) is 8.78 Å². The lowest BCUT2D eigenvalue weighted by atomic mass is 9.92. The van der Waals surface area contributed by atoms with E-state index in [-0.39, 0.29) is 5.56 Å². The molecule has 1 aliphatic heterocycles. The highest BCUT2D eigenvalue weighted by Gasteiger charge is 2.25. The first-order valence-electron chi connectivity index (χ1n) is 10.3. The smallest absolute Gasteiger partial charge is 0.264 e. The molecule has 5 rings (SSSR count). The van der Waals surface area contributed by atoms with Crippen LogP contribution < -0.4 is 4.90 Å². The molecule has 0 radical (unpaired) electrons. The van der Waals surface area contributed by atoms with E-state index in [0.717, 1.165) is 52.8 Å². The second-order valence-electron chi connectivity index (χ2n) is 7.84. The van der Waals surface area contributed by atoms with E-state index in [2.05, 4.69) is 27.6 Å². The Balaban J connectivity index is 1.70. The number of rotatable bonds is 4. The van der Waals surface area contributed by atoms with Crippen LogP contribution in [0, 0.1) is 0 Å². The van der Waals surface area contributed by atoms with Crippen molar-refractivity contribution in [1.82, 2.24) is 14.8 Å². The van der Waals surface area contributed by atoms with Gasteiger partial charge in [0.1, 0.15) is 0 Å². The molecule has 6 heteroatoms. The molecule has 0 saturated carbocycles. The van der Waals surface area contributed by atoms with Gasteiger partial charge in [-0.05, 0) is 59.9 Å². The number of anilines is 2. The fraction of sp³-hybridized carbons (Fsp3) is 0.200. The van der Waals surface area contributed by atoms with Gasteiger partial charge in [0.15, 0.2) is 0 Å². The molecule has 4 nitrogen and oxygen atoms in total. The van der Waals surface area contributed by atoms with E-state index in [4.69, 9.17) is 0 Å². The van der Waals surface area contributed by atoms with Gasteiger partial charge in [-0.1, -0.05) is 18.7 Å². The summed E-state index contributed by atoms with van der Waals surface area (Å²) in [6.45, 7) is 4.63. The highest BCUT2D eigenvalue weighted by molar-refractivity contribution is 5.95. The number of hydrogen-bond acceptors (Lipinski definition) is 3. The summed E-state index contributed by atoms with van der Waals surface area (Å²) in [5, 5.41) is 5.15. The van der Waals surface area contributed by atoms with Gasteiger partial charge in [0.2, 0.25) is 0 Å². The van der Waals surface area contributed by atoms with Crippen LogP contribution in [0.3, 0.4) is 0 Å². The molecule has 0 spiro atoms. The Morgan fingerprint density at radius 1 is 1.13 bits per heavy atom. The number of nitrogens with zero attached hydrogens (tertiary/aromatic N) is 4. The molecule has 1 aliphatic rings. The van der Waals surface area contributed by atoms with E-state index < -0.39 is 6.43 Å². The first-order valence-corrected chi connectivity index (χ1v) is 10.3. The highest BCUT2D eigenvalue weighted by Crippen LogP contribution is 2.42. The van der Waals surface area contributed by atoms with Crippen molar-refractivity contribution in [3.63, 3.8) is 0 Å². The SMILES string of the molecule is C=Cc1ccc2nccc(N3CCCc4cc(-c5cnn(C)c5)c(C(F)F)cc43)c2c1. The average Bonchev–Trinajstić information content (AvgIpc) is 3.23. The quantitative estimate of drug-likeness (QED) is 0.391. The number of aromatic nitrogens is 3. The van der Waals surface area contributed by atoms with Crippen LogP contribution in [0.5, 0.6) is 0 Å². The Hall–Kier alpha value is -3.54. The van der Waals surface area contributed by atoms with Gasteiger partial charge >= 0.3 is 0 Å². The normalized spacial score (nSPS) is 13.6. The van der Waals surface area contributed by atoms with Gasteiger partial charge in [0, 0.05) is 48.2 Å². The van der Waals surface area contributed by atoms with Gasteiger partial charge < -0.3 is 4.90 Å². The zero-order chi connectivity index (χ0) is 21.5. The van der Waals surface area contributed by atoms with Gasteiger partial charge in [0.25, 0.3) is 6.43 Å². The van der Waals surface area contributed by atoms with Gasteiger partial charge in [0.05, 0.1) is 17.4 Å². The minimum absolute atomic E-state index is 0.0313. The summed E-state index contributed by atoms with van der Waals surface area (Å²) in [6.07, 6.45) is 6.21. The van der Waals surface area contributed by atoms with Crippen LogP contribution in [0.25, 0.3) is 28.1 Å². The standard InChI is InChI=1S/C25H22F2N4/c1-3-16-6-7-22-21(11-16)23(8-9-28-22)31-10-4-5-17-12-19(18-14-29-30(2)15-18)20(25(26)27)13-24(17)31/h3,6-9,11-15,25H,1,4-5,10H2,2H3. The summed E-state index contributed by atoms with van der Waals surface area (Å²) in [4.78, 5) is 6.63. The van der Waals surface area contributed by atoms with E-state index >= 15 is 0 Å². The number of hydrogen-bond donors (Lipinski definition) is 0. The van der Waals surface area contributed by atoms with Crippen LogP contribution in [0.4, 0.5) is 20.2 Å². The zero-order valence-corrected chi connectivity index (χ0v) is 17.2. The van der Waals surface area contributed by atoms with Crippen LogP contribution >= 0.6 is 0 Å². The third-order valence-corrected chi connectivity index (χ3v) is 5.89. The van der Waals surface area contributed by atoms with Crippen LogP contribution in [-0.2, 0) is 13.5 Å². The molecule has 4 aromatic rings. The fourth-order valence-corrected chi connectivity index (χ4v) is 4.40. The van der Waals surface area contributed by atoms with E-state index in [9.17, 15) is 8.78 Å². The maximum atomic E-state index is 14.1. The topological polar surface area (TPSA) is 34.0 Å². The Kier molecular flexibility index (Phi) is 4.77. The lowest BCUT2D eigenvalue weighted by Crippen LogP contribution is -2.25. The zero-order valence-electron chi connectivity index (χ0n) is 17.2. The third-order valence-electron chi connectivity index (χ3n) is 5.89. The van der Waals surface area contributed by atoms with Crippen LogP contribution in [-0.4, -0.2) is 21.3 Å². The summed E-state index contributed by atoms with van der Waals surface area (Å²) in [5.41, 5.74) is 6.05. The minimum Gasteiger partial charge on any atom is -0.341 e. The van der Waals surface area contributed by atoms with Crippen LogP contribution in [0.15, 0.2) is 61.6 Å². The van der Waals surface area contributed by atoms with E-state index in [1.165, 1.54) is 0 Å². The van der Waals surface area contributed by atoms with Gasteiger partial charge in [-0.2, -0.15) is 5.10 Å². The molecule has 0 N–H and O–H groups in total. The predicted molar refractivity (Wildman–Crippen MR) is 121 cm³/mol. The first-order chi connectivity index (χ1) is 15.0. The molecule has 0 bridgehead atoms. The molecule has 2 aromatic carbocycles. The van der Waals surface area contributed by atoms with Gasteiger partial charge in [-0.15, -0.1) is 0 Å². The molecule has 0 fully saturated rings. The third kappa shape index (κ3) is 3.38. The van der Waals surface area contributed by atoms with Gasteiger partial charge in [-0.3, -0.25) is 9.67 Å². The van der Waals surface area contributed by atoms with Crippen LogP contribution in [0.1, 0.15) is 29.5 Å². The van der Waals surface area contributed by atoms with E-state index in [0.29, 0.717) is 11.1 Å². The monoisotopic (exact) mass is 416 g/mol. The molecular formula is C25H22F2N4. The summed E-state index contributed by atoms with van der Waals surface area (Å²) < 4.78 is 29.8. The summed E-state index contributed by atoms with van der Waals surface area (Å²) >= 11 is 0. The molecular weight excluding hydrogens is 394 g/mol. The van der Waals surface area contributed by atoms with Crippen molar-refractivity contribution in [3.8, 4) is 11.1 Å². The Labute approximate surface area is 179 Å². The number of alkyl halides is 2. The number of halogens is 2. The van der Waals surface area contributed by atoms with Crippen LogP contribution in [0.2, 0.25) is 0 Å². The van der Waals surface area contributed by atoms with Crippen molar-refractivity contribution in [2.75, 3.05) is 11.4 Å². The number of fused-ring (bicyclic) bond motifs is 2. The second kappa shape index (κ2) is 7.61. The Morgan fingerprint density at radius 3 is 2.74 bits per heavy atom. The summed E-state index contributed by atoms with van der Waals surface area (Å²) in [7, 11) is 1.79. The second-order valence-corrected chi connectivity index (χ2v) is 7.84. The number of aryl methyl sites for hydroxylation is 2. The molecule has 0 saturated heterocycles. The Morgan fingerprint density at radius 2 is 2.00 bits per heavy atom. The Bertz CT molecular complexity index is 1290. The molecule has 0 amide bonds. The fourth-order valence-electron chi connectivity index (χ4n) is 4.40. The average molecular weight is 416 g/mol. The molecule has 0 aliphatic carbocycles. The first kappa shape index (κ1) is 19.4. The molecule has 3 heterocycles. The summed E-state index contributed by atoms with van der Waals surface area (Å²) in [5.74, 6) is 0. The molecule has 0 unspecified atom stereocenters. The van der Waals surface area contributed by atoms with Crippen molar-refractivity contribution in [2.24, 2.45) is 7.05 Å². The highest BCUT2D eigenvalue weighted by atomic mass is 19.3. The van der Waals surface area contributed by atoms with E-state index in [1.54, 1.807) is 42.5 Å². The number of pyridine rings is 1. The lowest BCUT2D eigenvalue weighted by molar-refractivity contribution is 0.152. The van der Waals surface area contributed by atoms with Crippen molar-refractivity contribution >= 4 is 28.4 Å². The molecule has 156 valence electrons. The lowest BCUT2D eigenvalue weighted by Gasteiger charge is -2.33. The molecule has 31 heavy (non-hydrogen) atoms.